The van der Waals surface area contributed by atoms with Gasteiger partial charge in [0.25, 0.3) is 0 Å². The van der Waals surface area contributed by atoms with Crippen molar-refractivity contribution in [3.63, 3.8) is 0 Å². The van der Waals surface area contributed by atoms with Crippen molar-refractivity contribution in [2.75, 3.05) is 13.7 Å². The van der Waals surface area contributed by atoms with E-state index in [9.17, 15) is 4.79 Å². The van der Waals surface area contributed by atoms with Crippen LogP contribution in [0, 0.1) is 6.92 Å². The molecule has 32 heavy (non-hydrogen) atoms. The highest BCUT2D eigenvalue weighted by molar-refractivity contribution is 7.98. The van der Waals surface area contributed by atoms with Crippen molar-refractivity contribution in [1.29, 1.82) is 0 Å². The Hall–Kier alpha value is -3.00. The maximum atomic E-state index is 12.3. The van der Waals surface area contributed by atoms with E-state index in [2.05, 4.69) is 52.9 Å². The van der Waals surface area contributed by atoms with Gasteiger partial charge in [-0.2, -0.15) is 0 Å². The predicted octanol–water partition coefficient (Wildman–Crippen LogP) is 5.04. The second kappa shape index (κ2) is 11.6. The third-order valence-corrected chi connectivity index (χ3v) is 6.00. The summed E-state index contributed by atoms with van der Waals surface area (Å²) in [6.07, 6.45) is 1.98. The first-order valence-corrected chi connectivity index (χ1v) is 11.8. The van der Waals surface area contributed by atoms with Crippen molar-refractivity contribution >= 4 is 17.8 Å². The van der Waals surface area contributed by atoms with E-state index in [1.54, 1.807) is 18.9 Å². The van der Waals surface area contributed by atoms with Crippen molar-refractivity contribution < 1.29 is 9.53 Å². The number of methoxy groups -OCH3 is 1. The third-order valence-electron chi connectivity index (χ3n) is 5.00. The monoisotopic (exact) mass is 453 g/mol. The first kappa shape index (κ1) is 23.7. The van der Waals surface area contributed by atoms with E-state index in [1.807, 2.05) is 41.8 Å². The Labute approximate surface area is 194 Å². The minimum Gasteiger partial charge on any atom is -0.497 e. The van der Waals surface area contributed by atoms with E-state index < -0.39 is 0 Å². The zero-order valence-electron chi connectivity index (χ0n) is 19.1. The Balaban J connectivity index is 1.83. The van der Waals surface area contributed by atoms with E-state index in [4.69, 9.17) is 4.74 Å². The standard InChI is InChI=1S/C24H31N5O2S/c1-5-6-14-25-23(30)26-18(3)22-27-28-24(29(22)20-12-10-17(2)11-13-20)32-16-19-8-7-9-21(15-19)31-4/h7-13,15,18H,5-6,14,16H2,1-4H3,(H2,25,26,30). The molecule has 1 atom stereocenters. The molecule has 1 aromatic heterocycles. The molecule has 0 fully saturated rings. The molecule has 0 aliphatic carbocycles. The van der Waals surface area contributed by atoms with Crippen LogP contribution in [0.5, 0.6) is 5.75 Å². The molecular formula is C24H31N5O2S. The van der Waals surface area contributed by atoms with Crippen LogP contribution in [0.3, 0.4) is 0 Å². The van der Waals surface area contributed by atoms with Crippen LogP contribution in [-0.4, -0.2) is 34.5 Å². The molecule has 0 saturated heterocycles. The molecule has 3 rings (SSSR count). The highest BCUT2D eigenvalue weighted by Crippen LogP contribution is 2.28. The van der Waals surface area contributed by atoms with Gasteiger partial charge in [0, 0.05) is 18.0 Å². The Morgan fingerprint density at radius 1 is 1.19 bits per heavy atom. The van der Waals surface area contributed by atoms with Crippen LogP contribution in [-0.2, 0) is 5.75 Å². The Morgan fingerprint density at radius 2 is 1.97 bits per heavy atom. The number of urea groups is 1. The molecule has 0 spiro atoms. The van der Waals surface area contributed by atoms with Gasteiger partial charge in [-0.25, -0.2) is 4.79 Å². The van der Waals surface area contributed by atoms with E-state index in [1.165, 1.54) is 5.56 Å². The number of hydrogen-bond acceptors (Lipinski definition) is 5. The Morgan fingerprint density at radius 3 is 2.69 bits per heavy atom. The number of hydrogen-bond donors (Lipinski definition) is 2. The molecule has 2 aromatic carbocycles. The van der Waals surface area contributed by atoms with Crippen molar-refractivity contribution in [2.45, 2.75) is 50.6 Å². The summed E-state index contributed by atoms with van der Waals surface area (Å²) in [5, 5.41) is 15.5. The lowest BCUT2D eigenvalue weighted by atomic mass is 10.2. The average molecular weight is 454 g/mol. The summed E-state index contributed by atoms with van der Waals surface area (Å²) >= 11 is 1.60. The van der Waals surface area contributed by atoms with Gasteiger partial charge in [0.15, 0.2) is 11.0 Å². The number of amides is 2. The van der Waals surface area contributed by atoms with Gasteiger partial charge >= 0.3 is 6.03 Å². The number of ether oxygens (including phenoxy) is 1. The predicted molar refractivity (Wildman–Crippen MR) is 129 cm³/mol. The first-order valence-electron chi connectivity index (χ1n) is 10.8. The zero-order chi connectivity index (χ0) is 22.9. The van der Waals surface area contributed by atoms with E-state index in [0.717, 1.165) is 40.8 Å². The molecule has 0 bridgehead atoms. The fourth-order valence-corrected chi connectivity index (χ4v) is 4.09. The molecule has 0 saturated carbocycles. The van der Waals surface area contributed by atoms with Gasteiger partial charge < -0.3 is 15.4 Å². The molecule has 2 N–H and O–H groups in total. The number of unbranched alkanes of at least 4 members (excludes halogenated alkanes) is 1. The fourth-order valence-electron chi connectivity index (χ4n) is 3.19. The van der Waals surface area contributed by atoms with Gasteiger partial charge in [-0.1, -0.05) is 54.9 Å². The van der Waals surface area contributed by atoms with Crippen LogP contribution >= 0.6 is 11.8 Å². The first-order chi connectivity index (χ1) is 15.5. The van der Waals surface area contributed by atoms with Gasteiger partial charge in [-0.15, -0.1) is 10.2 Å². The van der Waals surface area contributed by atoms with Gasteiger partial charge in [0.2, 0.25) is 0 Å². The van der Waals surface area contributed by atoms with E-state index in [0.29, 0.717) is 12.4 Å². The lowest BCUT2D eigenvalue weighted by molar-refractivity contribution is 0.237. The summed E-state index contributed by atoms with van der Waals surface area (Å²) in [5.41, 5.74) is 3.27. The van der Waals surface area contributed by atoms with Crippen LogP contribution in [0.25, 0.3) is 5.69 Å². The minimum atomic E-state index is -0.309. The quantitative estimate of drug-likeness (QED) is 0.332. The average Bonchev–Trinajstić information content (AvgIpc) is 3.22. The number of benzene rings is 2. The SMILES string of the molecule is CCCCNC(=O)NC(C)c1nnc(SCc2cccc(OC)c2)n1-c1ccc(C)cc1. The van der Waals surface area contributed by atoms with Gasteiger partial charge in [0.05, 0.1) is 13.2 Å². The Bertz CT molecular complexity index is 1020. The second-order valence-corrected chi connectivity index (χ2v) is 8.57. The molecule has 2 amide bonds. The molecule has 0 aliphatic heterocycles. The van der Waals surface area contributed by atoms with Crippen molar-refractivity contribution in [2.24, 2.45) is 0 Å². The van der Waals surface area contributed by atoms with Crippen molar-refractivity contribution in [1.82, 2.24) is 25.4 Å². The molecule has 0 radical (unpaired) electrons. The highest BCUT2D eigenvalue weighted by atomic mass is 32.2. The lowest BCUT2D eigenvalue weighted by Gasteiger charge is -2.17. The third kappa shape index (κ3) is 6.26. The maximum absolute atomic E-state index is 12.3. The van der Waals surface area contributed by atoms with E-state index in [-0.39, 0.29) is 12.1 Å². The zero-order valence-corrected chi connectivity index (χ0v) is 19.9. The number of thioether (sulfide) groups is 1. The van der Waals surface area contributed by atoms with Gasteiger partial charge in [-0.05, 0) is 50.1 Å². The topological polar surface area (TPSA) is 81.1 Å². The molecule has 3 aromatic rings. The second-order valence-electron chi connectivity index (χ2n) is 7.63. The largest absolute Gasteiger partial charge is 0.497 e. The lowest BCUT2D eigenvalue weighted by Crippen LogP contribution is -2.38. The van der Waals surface area contributed by atoms with Crippen molar-refractivity contribution in [3.05, 3.63) is 65.5 Å². The summed E-state index contributed by atoms with van der Waals surface area (Å²) in [6, 6.07) is 15.7. The van der Waals surface area contributed by atoms with Crippen LogP contribution in [0.2, 0.25) is 0 Å². The minimum absolute atomic E-state index is 0.199. The summed E-state index contributed by atoms with van der Waals surface area (Å²) in [5.74, 6) is 2.24. The summed E-state index contributed by atoms with van der Waals surface area (Å²) < 4.78 is 7.35. The number of aryl methyl sites for hydroxylation is 1. The van der Waals surface area contributed by atoms with Gasteiger partial charge in [-0.3, -0.25) is 4.57 Å². The smallest absolute Gasteiger partial charge is 0.315 e. The number of nitrogens with one attached hydrogen (secondary N) is 2. The summed E-state index contributed by atoms with van der Waals surface area (Å²) in [7, 11) is 1.67. The molecule has 1 heterocycles. The summed E-state index contributed by atoms with van der Waals surface area (Å²) in [4.78, 5) is 12.3. The highest BCUT2D eigenvalue weighted by Gasteiger charge is 2.21. The molecule has 8 heteroatoms. The van der Waals surface area contributed by atoms with Gasteiger partial charge in [0.1, 0.15) is 5.75 Å². The maximum Gasteiger partial charge on any atom is 0.315 e. The van der Waals surface area contributed by atoms with Crippen molar-refractivity contribution in [3.8, 4) is 11.4 Å². The fraction of sp³-hybridized carbons (Fsp3) is 0.375. The summed E-state index contributed by atoms with van der Waals surface area (Å²) in [6.45, 7) is 6.73. The molecule has 0 aliphatic rings. The molecule has 7 nitrogen and oxygen atoms in total. The Kier molecular flexibility index (Phi) is 8.56. The molecule has 170 valence electrons. The molecule has 1 unspecified atom stereocenters. The van der Waals surface area contributed by atoms with E-state index >= 15 is 0 Å². The van der Waals surface area contributed by atoms with Crippen LogP contribution < -0.4 is 15.4 Å². The molecular weight excluding hydrogens is 422 g/mol. The number of carbonyl (C=O) groups excluding carboxylic acids is 1. The number of aromatic nitrogens is 3. The van der Waals surface area contributed by atoms with Crippen LogP contribution in [0.15, 0.2) is 53.7 Å². The van der Waals surface area contributed by atoms with Crippen LogP contribution in [0.4, 0.5) is 4.79 Å². The number of carbonyl (C=O) groups is 1. The van der Waals surface area contributed by atoms with Crippen LogP contribution in [0.1, 0.15) is 49.7 Å². The normalized spacial score (nSPS) is 11.8. The number of rotatable bonds is 10. The number of nitrogens with zero attached hydrogens (tertiary/aromatic N) is 3.